The summed E-state index contributed by atoms with van der Waals surface area (Å²) in [4.78, 5) is 27.9. The summed E-state index contributed by atoms with van der Waals surface area (Å²) in [5, 5.41) is 10.7. The quantitative estimate of drug-likeness (QED) is 0.459. The molecule has 1 aromatic rings. The molecule has 0 bridgehead atoms. The zero-order valence-electron chi connectivity index (χ0n) is 11.8. The van der Waals surface area contributed by atoms with E-state index >= 15 is 0 Å². The van der Waals surface area contributed by atoms with Crippen molar-refractivity contribution in [2.75, 3.05) is 13.1 Å². The minimum absolute atomic E-state index is 0.0109. The van der Waals surface area contributed by atoms with Crippen molar-refractivity contribution in [3.63, 3.8) is 0 Å². The molecule has 0 aliphatic carbocycles. The smallest absolute Gasteiger partial charge is 0.288 e. The fourth-order valence-electron chi connectivity index (χ4n) is 1.72. The van der Waals surface area contributed by atoms with Crippen LogP contribution in [0, 0.1) is 16.0 Å². The van der Waals surface area contributed by atoms with Gasteiger partial charge in [-0.05, 0) is 12.8 Å². The van der Waals surface area contributed by atoms with Crippen LogP contribution in [0.1, 0.15) is 37.6 Å². The van der Waals surface area contributed by atoms with Gasteiger partial charge in [-0.1, -0.05) is 31.9 Å². The van der Waals surface area contributed by atoms with Crippen LogP contribution in [0.3, 0.4) is 0 Å². The van der Waals surface area contributed by atoms with Gasteiger partial charge in [-0.25, -0.2) is 4.98 Å². The second-order valence-corrected chi connectivity index (χ2v) is 5.00. The first-order valence-corrected chi connectivity index (χ1v) is 6.87. The first kappa shape index (κ1) is 16.4. The second kappa shape index (κ2) is 7.19. The van der Waals surface area contributed by atoms with E-state index in [0.717, 1.165) is 12.6 Å². The normalized spacial score (nSPS) is 12.0. The molecule has 0 aliphatic heterocycles. The van der Waals surface area contributed by atoms with Gasteiger partial charge in [0.1, 0.15) is 11.3 Å². The summed E-state index contributed by atoms with van der Waals surface area (Å²) in [7, 11) is 0. The van der Waals surface area contributed by atoms with Gasteiger partial charge in [-0.15, -0.1) is 0 Å². The van der Waals surface area contributed by atoms with E-state index in [1.165, 1.54) is 6.07 Å². The third-order valence-electron chi connectivity index (χ3n) is 3.16. The maximum Gasteiger partial charge on any atom is 0.288 e. The Morgan fingerprint density at radius 3 is 2.70 bits per heavy atom. The number of aromatic nitrogens is 1. The van der Waals surface area contributed by atoms with Crippen molar-refractivity contribution < 1.29 is 9.72 Å². The third kappa shape index (κ3) is 3.90. The van der Waals surface area contributed by atoms with E-state index in [-0.39, 0.29) is 22.3 Å². The third-order valence-corrected chi connectivity index (χ3v) is 3.46. The molecule has 1 heterocycles. The molecule has 0 fully saturated rings. The minimum atomic E-state index is -0.592. The number of nitrogens with zero attached hydrogens (tertiary/aromatic N) is 3. The van der Waals surface area contributed by atoms with Crippen LogP contribution in [0.25, 0.3) is 0 Å². The van der Waals surface area contributed by atoms with Crippen LogP contribution in [0.15, 0.2) is 12.3 Å². The molecule has 0 radical (unpaired) electrons. The van der Waals surface area contributed by atoms with Crippen LogP contribution in [-0.4, -0.2) is 33.8 Å². The molecule has 0 saturated heterocycles. The van der Waals surface area contributed by atoms with Crippen molar-refractivity contribution in [1.29, 1.82) is 0 Å². The highest BCUT2D eigenvalue weighted by Gasteiger charge is 2.22. The summed E-state index contributed by atoms with van der Waals surface area (Å²) >= 11 is 5.89. The standard InChI is InChI=1S/C13H18ClN3O3/c1-4-9(3)8-16(5-2)13(18)11-6-10(17(19)20)7-15-12(11)14/h6-7,9H,4-5,8H2,1-3H3. The Morgan fingerprint density at radius 1 is 1.55 bits per heavy atom. The molecule has 1 amide bonds. The molecular weight excluding hydrogens is 282 g/mol. The van der Waals surface area contributed by atoms with Crippen LogP contribution in [0.4, 0.5) is 5.69 Å². The monoisotopic (exact) mass is 299 g/mol. The molecule has 0 N–H and O–H groups in total. The Balaban J connectivity index is 3.05. The number of hydrogen-bond acceptors (Lipinski definition) is 4. The fourth-order valence-corrected chi connectivity index (χ4v) is 1.90. The minimum Gasteiger partial charge on any atom is -0.339 e. The Bertz CT molecular complexity index is 508. The van der Waals surface area contributed by atoms with E-state index in [0.29, 0.717) is 19.0 Å². The second-order valence-electron chi connectivity index (χ2n) is 4.65. The lowest BCUT2D eigenvalue weighted by molar-refractivity contribution is -0.385. The molecule has 0 aromatic carbocycles. The molecule has 7 heteroatoms. The van der Waals surface area contributed by atoms with E-state index < -0.39 is 4.92 Å². The van der Waals surface area contributed by atoms with Gasteiger partial charge in [0.25, 0.3) is 11.6 Å². The maximum absolute atomic E-state index is 12.4. The van der Waals surface area contributed by atoms with E-state index in [4.69, 9.17) is 11.6 Å². The average molecular weight is 300 g/mol. The Morgan fingerprint density at radius 2 is 2.20 bits per heavy atom. The number of carbonyl (C=O) groups excluding carboxylic acids is 1. The van der Waals surface area contributed by atoms with E-state index in [1.807, 2.05) is 20.8 Å². The number of hydrogen-bond donors (Lipinski definition) is 0. The Hall–Kier alpha value is -1.69. The number of halogens is 1. The van der Waals surface area contributed by atoms with Crippen molar-refractivity contribution in [3.05, 3.63) is 33.1 Å². The van der Waals surface area contributed by atoms with Gasteiger partial charge in [0.15, 0.2) is 0 Å². The molecular formula is C13H18ClN3O3. The molecule has 20 heavy (non-hydrogen) atoms. The predicted octanol–water partition coefficient (Wildman–Crippen LogP) is 3.15. The zero-order valence-corrected chi connectivity index (χ0v) is 12.6. The van der Waals surface area contributed by atoms with Crippen molar-refractivity contribution >= 4 is 23.2 Å². The van der Waals surface area contributed by atoms with Gasteiger partial charge in [-0.3, -0.25) is 14.9 Å². The van der Waals surface area contributed by atoms with Gasteiger partial charge < -0.3 is 4.90 Å². The van der Waals surface area contributed by atoms with E-state index in [2.05, 4.69) is 4.98 Å². The lowest BCUT2D eigenvalue weighted by atomic mass is 10.1. The van der Waals surface area contributed by atoms with E-state index in [1.54, 1.807) is 4.90 Å². The van der Waals surface area contributed by atoms with Crippen LogP contribution in [0.2, 0.25) is 5.15 Å². The summed E-state index contributed by atoms with van der Waals surface area (Å²) in [6.45, 7) is 7.06. The molecule has 6 nitrogen and oxygen atoms in total. The van der Waals surface area contributed by atoms with Gasteiger partial charge in [0.05, 0.1) is 10.5 Å². The number of rotatable bonds is 6. The lowest BCUT2D eigenvalue weighted by Gasteiger charge is -2.24. The van der Waals surface area contributed by atoms with Gasteiger partial charge in [0.2, 0.25) is 0 Å². The average Bonchev–Trinajstić information content (AvgIpc) is 2.43. The number of amides is 1. The number of nitro groups is 1. The molecule has 1 aromatic heterocycles. The first-order chi connectivity index (χ1) is 9.40. The molecule has 0 aliphatic rings. The molecule has 1 unspecified atom stereocenters. The highest BCUT2D eigenvalue weighted by Crippen LogP contribution is 2.21. The summed E-state index contributed by atoms with van der Waals surface area (Å²) < 4.78 is 0. The predicted molar refractivity (Wildman–Crippen MR) is 76.9 cm³/mol. The van der Waals surface area contributed by atoms with Crippen molar-refractivity contribution in [3.8, 4) is 0 Å². The van der Waals surface area contributed by atoms with Crippen LogP contribution < -0.4 is 0 Å². The topological polar surface area (TPSA) is 76.3 Å². The van der Waals surface area contributed by atoms with Crippen molar-refractivity contribution in [1.82, 2.24) is 9.88 Å². The highest BCUT2D eigenvalue weighted by molar-refractivity contribution is 6.32. The summed E-state index contributed by atoms with van der Waals surface area (Å²) in [5.74, 6) is 0.0262. The number of pyridine rings is 1. The molecule has 0 saturated carbocycles. The summed E-state index contributed by atoms with van der Waals surface area (Å²) in [5.41, 5.74) is -0.164. The van der Waals surface area contributed by atoms with Gasteiger partial charge >= 0.3 is 0 Å². The van der Waals surface area contributed by atoms with Gasteiger partial charge in [-0.2, -0.15) is 0 Å². The van der Waals surface area contributed by atoms with Crippen LogP contribution in [0.5, 0.6) is 0 Å². The van der Waals surface area contributed by atoms with Gasteiger partial charge in [0, 0.05) is 19.2 Å². The molecule has 1 rings (SSSR count). The maximum atomic E-state index is 12.4. The SMILES string of the molecule is CCC(C)CN(CC)C(=O)c1cc([N+](=O)[O-])cnc1Cl. The van der Waals surface area contributed by atoms with E-state index in [9.17, 15) is 14.9 Å². The Kier molecular flexibility index (Phi) is 5.88. The molecule has 0 spiro atoms. The summed E-state index contributed by atoms with van der Waals surface area (Å²) in [6.07, 6.45) is 1.99. The molecule has 110 valence electrons. The molecule has 1 atom stereocenters. The Labute approximate surface area is 122 Å². The number of carbonyl (C=O) groups is 1. The highest BCUT2D eigenvalue weighted by atomic mass is 35.5. The first-order valence-electron chi connectivity index (χ1n) is 6.49. The largest absolute Gasteiger partial charge is 0.339 e. The van der Waals surface area contributed by atoms with Crippen LogP contribution in [-0.2, 0) is 0 Å². The van der Waals surface area contributed by atoms with Crippen molar-refractivity contribution in [2.24, 2.45) is 5.92 Å². The lowest BCUT2D eigenvalue weighted by Crippen LogP contribution is -2.34. The fraction of sp³-hybridized carbons (Fsp3) is 0.538. The summed E-state index contributed by atoms with van der Waals surface area (Å²) in [6, 6.07) is 1.18. The van der Waals surface area contributed by atoms with Crippen molar-refractivity contribution in [2.45, 2.75) is 27.2 Å². The van der Waals surface area contributed by atoms with Crippen LogP contribution >= 0.6 is 11.6 Å². The zero-order chi connectivity index (χ0) is 15.3.